The molecule has 0 aliphatic carbocycles. The molecule has 0 radical (unpaired) electrons. The number of hydrogen-bond acceptors (Lipinski definition) is 4. The SMILES string of the molecule is CN(CCO)[C@@H]1COC[C@H]1O. The summed E-state index contributed by atoms with van der Waals surface area (Å²) in [5, 5.41) is 18.0. The van der Waals surface area contributed by atoms with Gasteiger partial charge in [0.05, 0.1) is 32.0 Å². The first-order chi connectivity index (χ1) is 5.25. The number of likely N-dealkylation sites (N-methyl/N-ethyl adjacent to an activating group) is 1. The Morgan fingerprint density at radius 1 is 1.55 bits per heavy atom. The highest BCUT2D eigenvalue weighted by molar-refractivity contribution is 4.81. The molecule has 66 valence electrons. The fourth-order valence-corrected chi connectivity index (χ4v) is 1.28. The quantitative estimate of drug-likeness (QED) is 0.538. The van der Waals surface area contributed by atoms with Gasteiger partial charge < -0.3 is 14.9 Å². The van der Waals surface area contributed by atoms with Gasteiger partial charge >= 0.3 is 0 Å². The van der Waals surface area contributed by atoms with Crippen molar-refractivity contribution >= 4 is 0 Å². The van der Waals surface area contributed by atoms with Gasteiger partial charge in [-0.3, -0.25) is 4.90 Å². The zero-order valence-corrected chi connectivity index (χ0v) is 6.73. The predicted molar refractivity (Wildman–Crippen MR) is 40.3 cm³/mol. The molecular formula is C7H15NO3. The third-order valence-electron chi connectivity index (χ3n) is 2.04. The predicted octanol–water partition coefficient (Wildman–Crippen LogP) is -1.33. The highest BCUT2D eigenvalue weighted by atomic mass is 16.5. The van der Waals surface area contributed by atoms with Gasteiger partial charge in [0.25, 0.3) is 0 Å². The zero-order valence-electron chi connectivity index (χ0n) is 6.73. The first kappa shape index (κ1) is 8.93. The van der Waals surface area contributed by atoms with Crippen LogP contribution >= 0.6 is 0 Å². The van der Waals surface area contributed by atoms with Crippen LogP contribution in [0.2, 0.25) is 0 Å². The Morgan fingerprint density at radius 2 is 2.27 bits per heavy atom. The van der Waals surface area contributed by atoms with Crippen LogP contribution < -0.4 is 0 Å². The standard InChI is InChI=1S/C7H15NO3/c1-8(2-3-9)6-4-11-5-7(6)10/h6-7,9-10H,2-5H2,1H3/t6-,7-/m1/s1. The van der Waals surface area contributed by atoms with E-state index >= 15 is 0 Å². The van der Waals surface area contributed by atoms with E-state index in [1.165, 1.54) is 0 Å². The minimum Gasteiger partial charge on any atom is -0.395 e. The molecule has 0 unspecified atom stereocenters. The molecule has 1 aliphatic rings. The van der Waals surface area contributed by atoms with Crippen LogP contribution in [0, 0.1) is 0 Å². The topological polar surface area (TPSA) is 52.9 Å². The molecule has 1 saturated heterocycles. The second-order valence-corrected chi connectivity index (χ2v) is 2.88. The number of hydrogen-bond donors (Lipinski definition) is 2. The highest BCUT2D eigenvalue weighted by Crippen LogP contribution is 2.10. The number of rotatable bonds is 3. The van der Waals surface area contributed by atoms with E-state index < -0.39 is 6.10 Å². The molecule has 0 amide bonds. The Hall–Kier alpha value is -0.160. The van der Waals surface area contributed by atoms with Gasteiger partial charge in [-0.2, -0.15) is 0 Å². The fourth-order valence-electron chi connectivity index (χ4n) is 1.28. The molecule has 0 aromatic carbocycles. The number of ether oxygens (including phenoxy) is 1. The summed E-state index contributed by atoms with van der Waals surface area (Å²) in [6, 6.07) is 0.0575. The molecule has 2 atom stereocenters. The Balaban J connectivity index is 2.33. The molecule has 1 fully saturated rings. The van der Waals surface area contributed by atoms with Gasteiger partial charge in [-0.25, -0.2) is 0 Å². The molecule has 0 saturated carbocycles. The van der Waals surface area contributed by atoms with Crippen LogP contribution in [-0.2, 0) is 4.74 Å². The number of nitrogens with zero attached hydrogens (tertiary/aromatic N) is 1. The van der Waals surface area contributed by atoms with E-state index in [9.17, 15) is 5.11 Å². The van der Waals surface area contributed by atoms with E-state index in [1.54, 1.807) is 0 Å². The first-order valence-corrected chi connectivity index (χ1v) is 3.82. The Morgan fingerprint density at radius 3 is 2.73 bits per heavy atom. The van der Waals surface area contributed by atoms with Crippen molar-refractivity contribution in [3.05, 3.63) is 0 Å². The third kappa shape index (κ3) is 2.13. The van der Waals surface area contributed by atoms with Gasteiger partial charge in [-0.15, -0.1) is 0 Å². The van der Waals surface area contributed by atoms with Crippen molar-refractivity contribution in [3.8, 4) is 0 Å². The van der Waals surface area contributed by atoms with Crippen LogP contribution in [0.3, 0.4) is 0 Å². The lowest BCUT2D eigenvalue weighted by molar-refractivity contribution is 0.0860. The lowest BCUT2D eigenvalue weighted by Crippen LogP contribution is -2.41. The Bertz CT molecular complexity index is 120. The number of aliphatic hydroxyl groups is 2. The van der Waals surface area contributed by atoms with E-state index in [1.807, 2.05) is 11.9 Å². The van der Waals surface area contributed by atoms with Gasteiger partial charge in [-0.1, -0.05) is 0 Å². The third-order valence-corrected chi connectivity index (χ3v) is 2.04. The van der Waals surface area contributed by atoms with Crippen molar-refractivity contribution in [2.75, 3.05) is 33.4 Å². The summed E-state index contributed by atoms with van der Waals surface area (Å²) >= 11 is 0. The zero-order chi connectivity index (χ0) is 8.27. The van der Waals surface area contributed by atoms with Crippen LogP contribution in [-0.4, -0.2) is 60.7 Å². The van der Waals surface area contributed by atoms with E-state index in [0.717, 1.165) is 0 Å². The summed E-state index contributed by atoms with van der Waals surface area (Å²) < 4.78 is 5.06. The summed E-state index contributed by atoms with van der Waals surface area (Å²) in [5.41, 5.74) is 0. The Kier molecular flexibility index (Phi) is 3.26. The molecule has 1 aliphatic heterocycles. The van der Waals surface area contributed by atoms with Gasteiger partial charge in [0.1, 0.15) is 0 Å². The minimum atomic E-state index is -0.397. The molecule has 0 spiro atoms. The highest BCUT2D eigenvalue weighted by Gasteiger charge is 2.28. The average molecular weight is 161 g/mol. The smallest absolute Gasteiger partial charge is 0.0950 e. The van der Waals surface area contributed by atoms with Gasteiger partial charge in [0.15, 0.2) is 0 Å². The van der Waals surface area contributed by atoms with Crippen molar-refractivity contribution in [1.29, 1.82) is 0 Å². The van der Waals surface area contributed by atoms with Crippen molar-refractivity contribution in [2.24, 2.45) is 0 Å². The van der Waals surface area contributed by atoms with Gasteiger partial charge in [0.2, 0.25) is 0 Å². The van der Waals surface area contributed by atoms with Crippen molar-refractivity contribution in [2.45, 2.75) is 12.1 Å². The molecule has 0 bridgehead atoms. The molecule has 2 N–H and O–H groups in total. The molecular weight excluding hydrogens is 146 g/mol. The van der Waals surface area contributed by atoms with Crippen LogP contribution in [0.4, 0.5) is 0 Å². The number of aliphatic hydroxyl groups excluding tert-OH is 2. The second kappa shape index (κ2) is 4.01. The normalized spacial score (nSPS) is 31.6. The summed E-state index contributed by atoms with van der Waals surface area (Å²) in [4.78, 5) is 1.91. The lowest BCUT2D eigenvalue weighted by atomic mass is 10.2. The largest absolute Gasteiger partial charge is 0.395 e. The van der Waals surface area contributed by atoms with Crippen LogP contribution in [0.1, 0.15) is 0 Å². The summed E-state index contributed by atoms with van der Waals surface area (Å²) in [5.74, 6) is 0. The molecule has 1 heterocycles. The molecule has 0 aromatic rings. The van der Waals surface area contributed by atoms with E-state index in [-0.39, 0.29) is 12.6 Å². The summed E-state index contributed by atoms with van der Waals surface area (Å²) in [6.07, 6.45) is -0.397. The average Bonchev–Trinajstić information content (AvgIpc) is 2.36. The van der Waals surface area contributed by atoms with Gasteiger partial charge in [0, 0.05) is 6.54 Å². The molecule has 4 nitrogen and oxygen atoms in total. The Labute approximate surface area is 66.4 Å². The van der Waals surface area contributed by atoms with Gasteiger partial charge in [-0.05, 0) is 7.05 Å². The second-order valence-electron chi connectivity index (χ2n) is 2.88. The van der Waals surface area contributed by atoms with Crippen LogP contribution in [0.25, 0.3) is 0 Å². The maximum atomic E-state index is 9.34. The minimum absolute atomic E-state index is 0.0575. The van der Waals surface area contributed by atoms with Crippen LogP contribution in [0.5, 0.6) is 0 Å². The van der Waals surface area contributed by atoms with E-state index in [0.29, 0.717) is 19.8 Å². The van der Waals surface area contributed by atoms with Crippen molar-refractivity contribution in [3.63, 3.8) is 0 Å². The summed E-state index contributed by atoms with van der Waals surface area (Å²) in [6.45, 7) is 1.70. The van der Waals surface area contributed by atoms with Crippen molar-refractivity contribution in [1.82, 2.24) is 4.90 Å². The monoisotopic (exact) mass is 161 g/mol. The van der Waals surface area contributed by atoms with Crippen molar-refractivity contribution < 1.29 is 14.9 Å². The lowest BCUT2D eigenvalue weighted by Gasteiger charge is -2.24. The molecule has 4 heteroatoms. The molecule has 0 aromatic heterocycles. The van der Waals surface area contributed by atoms with E-state index in [2.05, 4.69) is 0 Å². The summed E-state index contributed by atoms with van der Waals surface area (Å²) in [7, 11) is 1.87. The maximum absolute atomic E-state index is 9.34. The van der Waals surface area contributed by atoms with Crippen LogP contribution in [0.15, 0.2) is 0 Å². The maximum Gasteiger partial charge on any atom is 0.0950 e. The molecule has 11 heavy (non-hydrogen) atoms. The first-order valence-electron chi connectivity index (χ1n) is 3.82. The molecule has 1 rings (SSSR count). The fraction of sp³-hybridized carbons (Fsp3) is 1.00. The van der Waals surface area contributed by atoms with E-state index in [4.69, 9.17) is 9.84 Å².